The van der Waals surface area contributed by atoms with Crippen molar-refractivity contribution in [1.29, 1.82) is 5.26 Å². The number of nitrogens with one attached hydrogen (secondary N) is 1. The topological polar surface area (TPSA) is 80.1 Å². The number of pyridine rings is 2. The zero-order valence-electron chi connectivity index (χ0n) is 12.7. The normalized spacial score (nSPS) is 14.9. The second-order valence-electron chi connectivity index (χ2n) is 5.32. The Labute approximate surface area is 135 Å². The molecular weight excluding hydrogens is 292 g/mol. The van der Waals surface area contributed by atoms with E-state index in [-0.39, 0.29) is 6.10 Å². The van der Waals surface area contributed by atoms with E-state index in [1.807, 2.05) is 24.3 Å². The van der Waals surface area contributed by atoms with Gasteiger partial charge in [-0.2, -0.15) is 5.26 Å². The summed E-state index contributed by atoms with van der Waals surface area (Å²) < 4.78 is 11.5. The van der Waals surface area contributed by atoms with Gasteiger partial charge in [0.15, 0.2) is 0 Å². The van der Waals surface area contributed by atoms with Gasteiger partial charge in [0.25, 0.3) is 0 Å². The molecule has 23 heavy (non-hydrogen) atoms. The second-order valence-corrected chi connectivity index (χ2v) is 5.32. The molecule has 0 amide bonds. The van der Waals surface area contributed by atoms with Crippen molar-refractivity contribution in [2.24, 2.45) is 0 Å². The lowest BCUT2D eigenvalue weighted by atomic mass is 10.1. The van der Waals surface area contributed by atoms with Crippen LogP contribution in [0.5, 0.6) is 11.8 Å². The summed E-state index contributed by atoms with van der Waals surface area (Å²) >= 11 is 0. The highest BCUT2D eigenvalue weighted by molar-refractivity contribution is 5.28. The molecule has 0 unspecified atom stereocenters. The van der Waals surface area contributed by atoms with Crippen molar-refractivity contribution in [1.82, 2.24) is 15.3 Å². The van der Waals surface area contributed by atoms with E-state index >= 15 is 0 Å². The van der Waals surface area contributed by atoms with Gasteiger partial charge in [0.1, 0.15) is 18.8 Å². The van der Waals surface area contributed by atoms with Crippen LogP contribution in [0, 0.1) is 11.3 Å². The van der Waals surface area contributed by atoms with E-state index in [1.165, 1.54) is 6.20 Å². The lowest BCUT2D eigenvalue weighted by Gasteiger charge is -2.23. The molecule has 0 atom stereocenters. The van der Waals surface area contributed by atoms with Gasteiger partial charge in [-0.25, -0.2) is 9.97 Å². The fraction of sp³-hybridized carbons (Fsp3) is 0.353. The van der Waals surface area contributed by atoms with Gasteiger partial charge in [0, 0.05) is 18.3 Å². The summed E-state index contributed by atoms with van der Waals surface area (Å²) in [7, 11) is 0. The van der Waals surface area contributed by atoms with Gasteiger partial charge in [0.05, 0.1) is 11.3 Å². The third kappa shape index (κ3) is 4.41. The van der Waals surface area contributed by atoms with Crippen molar-refractivity contribution in [2.75, 3.05) is 13.1 Å². The number of nitrogens with zero attached hydrogens (tertiary/aromatic N) is 3. The molecule has 0 spiro atoms. The van der Waals surface area contributed by atoms with E-state index < -0.39 is 0 Å². The maximum atomic E-state index is 8.74. The molecular formula is C17H18N4O2. The predicted molar refractivity (Wildman–Crippen MR) is 84.0 cm³/mol. The molecule has 3 rings (SSSR count). The second kappa shape index (κ2) is 7.56. The van der Waals surface area contributed by atoms with Gasteiger partial charge in [-0.15, -0.1) is 0 Å². The van der Waals surface area contributed by atoms with Gasteiger partial charge >= 0.3 is 0 Å². The Kier molecular flexibility index (Phi) is 5.02. The zero-order chi connectivity index (χ0) is 15.9. The third-order valence-electron chi connectivity index (χ3n) is 3.59. The minimum absolute atomic E-state index is 0.222. The van der Waals surface area contributed by atoms with E-state index in [1.54, 1.807) is 12.1 Å². The van der Waals surface area contributed by atoms with Crippen LogP contribution in [0.15, 0.2) is 36.5 Å². The molecule has 0 radical (unpaired) electrons. The van der Waals surface area contributed by atoms with Crippen LogP contribution in [0.1, 0.15) is 24.1 Å². The molecule has 118 valence electrons. The summed E-state index contributed by atoms with van der Waals surface area (Å²) in [6, 6.07) is 11.0. The van der Waals surface area contributed by atoms with E-state index in [9.17, 15) is 0 Å². The van der Waals surface area contributed by atoms with Gasteiger partial charge < -0.3 is 14.8 Å². The van der Waals surface area contributed by atoms with Crippen LogP contribution in [0.4, 0.5) is 0 Å². The number of rotatable bonds is 5. The molecule has 3 heterocycles. The molecule has 1 saturated heterocycles. The molecule has 1 aliphatic rings. The Bertz CT molecular complexity index is 676. The van der Waals surface area contributed by atoms with Crippen LogP contribution in [0.25, 0.3) is 0 Å². The highest BCUT2D eigenvalue weighted by atomic mass is 16.5. The summed E-state index contributed by atoms with van der Waals surface area (Å²) in [5, 5.41) is 12.1. The van der Waals surface area contributed by atoms with Crippen molar-refractivity contribution >= 4 is 0 Å². The standard InChI is InChI=1S/C17H18N4O2/c18-10-13-4-5-16(20-11-13)22-12-14-2-1-3-17(21-14)23-15-6-8-19-9-7-15/h1-5,11,15,19H,6-9,12H2. The number of hydrogen-bond acceptors (Lipinski definition) is 6. The molecule has 6 nitrogen and oxygen atoms in total. The first-order valence-corrected chi connectivity index (χ1v) is 7.66. The quantitative estimate of drug-likeness (QED) is 0.910. The Balaban J connectivity index is 1.57. The van der Waals surface area contributed by atoms with Crippen LogP contribution in [-0.2, 0) is 6.61 Å². The molecule has 0 aliphatic carbocycles. The van der Waals surface area contributed by atoms with Crippen molar-refractivity contribution in [3.8, 4) is 17.8 Å². The number of piperidine rings is 1. The molecule has 1 aliphatic heterocycles. The van der Waals surface area contributed by atoms with Gasteiger partial charge in [-0.05, 0) is 38.1 Å². The fourth-order valence-corrected chi connectivity index (χ4v) is 2.37. The number of hydrogen-bond donors (Lipinski definition) is 1. The molecule has 0 aromatic carbocycles. The Morgan fingerprint density at radius 2 is 2.04 bits per heavy atom. The first kappa shape index (κ1) is 15.3. The number of ether oxygens (including phenoxy) is 2. The smallest absolute Gasteiger partial charge is 0.213 e. The van der Waals surface area contributed by atoms with Gasteiger partial charge in [-0.1, -0.05) is 6.07 Å². The fourth-order valence-electron chi connectivity index (χ4n) is 2.37. The maximum Gasteiger partial charge on any atom is 0.213 e. The van der Waals surface area contributed by atoms with Crippen LogP contribution in [0.3, 0.4) is 0 Å². The van der Waals surface area contributed by atoms with Gasteiger partial charge in [-0.3, -0.25) is 0 Å². The number of aromatic nitrogens is 2. The first-order valence-electron chi connectivity index (χ1n) is 7.66. The highest BCUT2D eigenvalue weighted by Gasteiger charge is 2.15. The Hall–Kier alpha value is -2.65. The maximum absolute atomic E-state index is 8.74. The van der Waals surface area contributed by atoms with Crippen LogP contribution < -0.4 is 14.8 Å². The largest absolute Gasteiger partial charge is 0.474 e. The number of nitriles is 1. The Morgan fingerprint density at radius 3 is 2.78 bits per heavy atom. The molecule has 0 bridgehead atoms. The SMILES string of the molecule is N#Cc1ccc(OCc2cccc(OC3CCNCC3)n2)nc1. The van der Waals surface area contributed by atoms with E-state index in [0.29, 0.717) is 23.9 Å². The van der Waals surface area contributed by atoms with Crippen molar-refractivity contribution in [3.63, 3.8) is 0 Å². The zero-order valence-corrected chi connectivity index (χ0v) is 12.7. The van der Waals surface area contributed by atoms with E-state index in [0.717, 1.165) is 31.6 Å². The molecule has 1 fully saturated rings. The molecule has 2 aromatic heterocycles. The average Bonchev–Trinajstić information content (AvgIpc) is 2.62. The van der Waals surface area contributed by atoms with Crippen molar-refractivity contribution < 1.29 is 9.47 Å². The summed E-state index contributed by atoms with van der Waals surface area (Å²) in [4.78, 5) is 8.54. The van der Waals surface area contributed by atoms with Crippen molar-refractivity contribution in [3.05, 3.63) is 47.8 Å². The molecule has 1 N–H and O–H groups in total. The molecule has 0 saturated carbocycles. The molecule has 6 heteroatoms. The molecule has 2 aromatic rings. The Morgan fingerprint density at radius 1 is 1.17 bits per heavy atom. The summed E-state index contributed by atoms with van der Waals surface area (Å²) in [5.41, 5.74) is 1.29. The van der Waals surface area contributed by atoms with Crippen LogP contribution >= 0.6 is 0 Å². The van der Waals surface area contributed by atoms with Crippen LogP contribution in [0.2, 0.25) is 0 Å². The van der Waals surface area contributed by atoms with Crippen LogP contribution in [-0.4, -0.2) is 29.2 Å². The summed E-state index contributed by atoms with van der Waals surface area (Å²) in [6.45, 7) is 2.28. The highest BCUT2D eigenvalue weighted by Crippen LogP contribution is 2.16. The average molecular weight is 310 g/mol. The lowest BCUT2D eigenvalue weighted by molar-refractivity contribution is 0.155. The third-order valence-corrected chi connectivity index (χ3v) is 3.59. The lowest BCUT2D eigenvalue weighted by Crippen LogP contribution is -2.34. The summed E-state index contributed by atoms with van der Waals surface area (Å²) in [6.07, 6.45) is 3.70. The summed E-state index contributed by atoms with van der Waals surface area (Å²) in [5.74, 6) is 1.10. The minimum atomic E-state index is 0.222. The predicted octanol–water partition coefficient (Wildman–Crippen LogP) is 2.06. The minimum Gasteiger partial charge on any atom is -0.474 e. The monoisotopic (exact) mass is 310 g/mol. The first-order chi connectivity index (χ1) is 11.3. The van der Waals surface area contributed by atoms with Gasteiger partial charge in [0.2, 0.25) is 11.8 Å². The van der Waals surface area contributed by atoms with Crippen molar-refractivity contribution in [2.45, 2.75) is 25.6 Å². The van der Waals surface area contributed by atoms with E-state index in [4.69, 9.17) is 14.7 Å². The van der Waals surface area contributed by atoms with E-state index in [2.05, 4.69) is 15.3 Å².